The molecule has 1 rings (SSSR count). The molecule has 0 aliphatic heterocycles. The maximum Gasteiger partial charge on any atom is 0.227 e. The van der Waals surface area contributed by atoms with Crippen LogP contribution in [0.3, 0.4) is 0 Å². The molecule has 6 heteroatoms. The van der Waals surface area contributed by atoms with Crippen LogP contribution in [0, 0.1) is 11.6 Å². The van der Waals surface area contributed by atoms with Gasteiger partial charge in [-0.15, -0.1) is 0 Å². The number of thiocarbonyl (C=S) groups is 1. The first-order chi connectivity index (χ1) is 7.91. The predicted molar refractivity (Wildman–Crippen MR) is 64.5 cm³/mol. The van der Waals surface area contributed by atoms with E-state index in [1.54, 1.807) is 0 Å². The molecule has 0 atom stereocenters. The predicted octanol–water partition coefficient (Wildman–Crippen LogP) is 1.25. The zero-order chi connectivity index (χ0) is 13.0. The molecule has 0 saturated carbocycles. The molecule has 0 saturated heterocycles. The first-order valence-electron chi connectivity index (χ1n) is 4.87. The van der Waals surface area contributed by atoms with Gasteiger partial charge in [-0.2, -0.15) is 0 Å². The molecule has 1 amide bonds. The minimum atomic E-state index is -0.996. The molecular weight excluding hydrogens is 246 g/mol. The minimum Gasteiger partial charge on any atom is -0.392 e. The Kier molecular flexibility index (Phi) is 4.51. The first kappa shape index (κ1) is 13.5. The fourth-order valence-electron chi connectivity index (χ4n) is 1.30. The summed E-state index contributed by atoms with van der Waals surface area (Å²) in [5.74, 6) is -2.33. The highest BCUT2D eigenvalue weighted by Crippen LogP contribution is 2.12. The number of nitrogens with zero attached hydrogens (tertiary/aromatic N) is 1. The number of hydrogen-bond donors (Lipinski definition) is 1. The van der Waals surface area contributed by atoms with Crippen LogP contribution in [0.15, 0.2) is 18.2 Å². The van der Waals surface area contributed by atoms with Crippen LogP contribution in [-0.4, -0.2) is 29.4 Å². The Labute approximate surface area is 103 Å². The zero-order valence-electron chi connectivity index (χ0n) is 9.24. The third-order valence-corrected chi connectivity index (χ3v) is 2.32. The lowest BCUT2D eigenvalue weighted by molar-refractivity contribution is -0.128. The number of rotatable bonds is 4. The van der Waals surface area contributed by atoms with E-state index in [-0.39, 0.29) is 29.4 Å². The molecule has 0 fully saturated rings. The Morgan fingerprint density at radius 3 is 2.71 bits per heavy atom. The highest BCUT2D eigenvalue weighted by Gasteiger charge is 2.14. The molecule has 0 unspecified atom stereocenters. The van der Waals surface area contributed by atoms with Crippen molar-refractivity contribution in [3.63, 3.8) is 0 Å². The van der Waals surface area contributed by atoms with Gasteiger partial charge in [0, 0.05) is 12.6 Å². The Morgan fingerprint density at radius 2 is 2.12 bits per heavy atom. The molecule has 0 spiro atoms. The summed E-state index contributed by atoms with van der Waals surface area (Å²) < 4.78 is 26.2. The van der Waals surface area contributed by atoms with Crippen molar-refractivity contribution in [1.29, 1.82) is 0 Å². The van der Waals surface area contributed by atoms with Crippen LogP contribution in [-0.2, 0) is 11.2 Å². The zero-order valence-corrected chi connectivity index (χ0v) is 10.1. The van der Waals surface area contributed by atoms with Crippen molar-refractivity contribution >= 4 is 23.1 Å². The highest BCUT2D eigenvalue weighted by atomic mass is 32.1. The highest BCUT2D eigenvalue weighted by molar-refractivity contribution is 7.80. The van der Waals surface area contributed by atoms with Crippen molar-refractivity contribution in [2.45, 2.75) is 6.42 Å². The van der Waals surface area contributed by atoms with Gasteiger partial charge in [0.05, 0.1) is 18.0 Å². The topological polar surface area (TPSA) is 46.3 Å². The van der Waals surface area contributed by atoms with Crippen molar-refractivity contribution in [1.82, 2.24) is 4.90 Å². The third-order valence-electron chi connectivity index (χ3n) is 2.19. The van der Waals surface area contributed by atoms with Gasteiger partial charge in [0.15, 0.2) is 11.6 Å². The van der Waals surface area contributed by atoms with Crippen LogP contribution in [0.1, 0.15) is 5.56 Å². The standard InChI is InChI=1S/C11H12F2N2OS/c1-15(6-9(14)17)10(16)5-7-3-2-4-8(12)11(7)13/h2-4H,5-6H2,1H3,(H2,14,17). The van der Waals surface area contributed by atoms with Crippen LogP contribution in [0.2, 0.25) is 0 Å². The normalized spacial score (nSPS) is 10.1. The van der Waals surface area contributed by atoms with Gasteiger partial charge in [-0.05, 0) is 6.07 Å². The molecule has 0 aliphatic carbocycles. The summed E-state index contributed by atoms with van der Waals surface area (Å²) >= 11 is 4.65. The van der Waals surface area contributed by atoms with E-state index in [0.717, 1.165) is 6.07 Å². The fourth-order valence-corrected chi connectivity index (χ4v) is 1.50. The average Bonchev–Trinajstić information content (AvgIpc) is 2.23. The summed E-state index contributed by atoms with van der Waals surface area (Å²) in [4.78, 5) is 13.1. The van der Waals surface area contributed by atoms with E-state index in [0.29, 0.717) is 0 Å². The minimum absolute atomic E-state index is 0.0183. The summed E-state index contributed by atoms with van der Waals surface area (Å²) in [6.07, 6.45) is -0.220. The number of hydrogen-bond acceptors (Lipinski definition) is 2. The molecule has 0 aliphatic rings. The maximum atomic E-state index is 13.3. The quantitative estimate of drug-likeness (QED) is 0.827. The van der Waals surface area contributed by atoms with E-state index in [4.69, 9.17) is 5.73 Å². The van der Waals surface area contributed by atoms with Crippen molar-refractivity contribution in [3.8, 4) is 0 Å². The van der Waals surface area contributed by atoms with Crippen LogP contribution < -0.4 is 5.73 Å². The molecule has 1 aromatic rings. The molecule has 0 aromatic heterocycles. The molecular formula is C11H12F2N2OS. The van der Waals surface area contributed by atoms with E-state index in [1.165, 1.54) is 24.1 Å². The van der Waals surface area contributed by atoms with E-state index >= 15 is 0 Å². The number of benzene rings is 1. The molecule has 92 valence electrons. The first-order valence-corrected chi connectivity index (χ1v) is 5.27. The van der Waals surface area contributed by atoms with Crippen LogP contribution in [0.4, 0.5) is 8.78 Å². The smallest absolute Gasteiger partial charge is 0.227 e. The van der Waals surface area contributed by atoms with Crippen molar-refractivity contribution in [2.24, 2.45) is 5.73 Å². The van der Waals surface area contributed by atoms with E-state index in [9.17, 15) is 13.6 Å². The number of halogens is 2. The summed E-state index contributed by atoms with van der Waals surface area (Å²) in [6.45, 7) is 0.116. The van der Waals surface area contributed by atoms with Gasteiger partial charge in [0.25, 0.3) is 0 Å². The Hall–Kier alpha value is -1.56. The maximum absolute atomic E-state index is 13.3. The van der Waals surface area contributed by atoms with Gasteiger partial charge in [-0.25, -0.2) is 8.78 Å². The largest absolute Gasteiger partial charge is 0.392 e. The van der Waals surface area contributed by atoms with Gasteiger partial charge in [-0.1, -0.05) is 24.4 Å². The molecule has 3 nitrogen and oxygen atoms in total. The van der Waals surface area contributed by atoms with Crippen molar-refractivity contribution in [3.05, 3.63) is 35.4 Å². The van der Waals surface area contributed by atoms with Gasteiger partial charge >= 0.3 is 0 Å². The van der Waals surface area contributed by atoms with Crippen LogP contribution in [0.25, 0.3) is 0 Å². The lowest BCUT2D eigenvalue weighted by atomic mass is 10.1. The van der Waals surface area contributed by atoms with E-state index in [2.05, 4.69) is 12.2 Å². The number of likely N-dealkylation sites (N-methyl/N-ethyl adjacent to an activating group) is 1. The second kappa shape index (κ2) is 5.67. The Balaban J connectivity index is 2.74. The lowest BCUT2D eigenvalue weighted by Crippen LogP contribution is -2.35. The SMILES string of the molecule is CN(CC(N)=S)C(=O)Cc1cccc(F)c1F. The summed E-state index contributed by atoms with van der Waals surface area (Å²) in [5, 5.41) is 0. The summed E-state index contributed by atoms with van der Waals surface area (Å²) in [7, 11) is 1.50. The lowest BCUT2D eigenvalue weighted by Gasteiger charge is -2.16. The number of carbonyl (C=O) groups is 1. The Morgan fingerprint density at radius 1 is 1.47 bits per heavy atom. The molecule has 17 heavy (non-hydrogen) atoms. The van der Waals surface area contributed by atoms with Crippen molar-refractivity contribution < 1.29 is 13.6 Å². The number of nitrogens with two attached hydrogens (primary N) is 1. The second-order valence-electron chi connectivity index (χ2n) is 3.61. The average molecular weight is 258 g/mol. The van der Waals surface area contributed by atoms with Gasteiger partial charge in [0.2, 0.25) is 5.91 Å². The Bertz CT molecular complexity index is 451. The van der Waals surface area contributed by atoms with Crippen LogP contribution in [0.5, 0.6) is 0 Å². The monoisotopic (exact) mass is 258 g/mol. The third kappa shape index (κ3) is 3.74. The number of amides is 1. The molecule has 0 radical (unpaired) electrons. The van der Waals surface area contributed by atoms with Gasteiger partial charge in [0.1, 0.15) is 0 Å². The van der Waals surface area contributed by atoms with Crippen LogP contribution >= 0.6 is 12.2 Å². The van der Waals surface area contributed by atoms with E-state index < -0.39 is 11.6 Å². The number of carbonyl (C=O) groups excluding carboxylic acids is 1. The van der Waals surface area contributed by atoms with E-state index in [1.807, 2.05) is 0 Å². The molecule has 1 aromatic carbocycles. The summed E-state index contributed by atoms with van der Waals surface area (Å²) in [5.41, 5.74) is 5.30. The molecule has 0 heterocycles. The van der Waals surface area contributed by atoms with Crippen molar-refractivity contribution in [2.75, 3.05) is 13.6 Å². The second-order valence-corrected chi connectivity index (χ2v) is 4.13. The molecule has 2 N–H and O–H groups in total. The fraction of sp³-hybridized carbons (Fsp3) is 0.273. The molecule has 0 bridgehead atoms. The van der Waals surface area contributed by atoms with Gasteiger partial charge in [-0.3, -0.25) is 4.79 Å². The van der Waals surface area contributed by atoms with Gasteiger partial charge < -0.3 is 10.6 Å². The summed E-state index contributed by atoms with van der Waals surface area (Å²) in [6, 6.07) is 3.72.